The van der Waals surface area contributed by atoms with E-state index in [1.54, 1.807) is 0 Å². The van der Waals surface area contributed by atoms with E-state index in [1.165, 1.54) is 11.1 Å². The molecule has 13 heavy (non-hydrogen) atoms. The molecule has 0 nitrogen and oxygen atoms in total. The van der Waals surface area contributed by atoms with Gasteiger partial charge < -0.3 is 0 Å². The summed E-state index contributed by atoms with van der Waals surface area (Å²) in [5, 5.41) is 0. The third kappa shape index (κ3) is 3.06. The van der Waals surface area contributed by atoms with E-state index in [2.05, 4.69) is 44.7 Å². The molecule has 0 saturated heterocycles. The van der Waals surface area contributed by atoms with E-state index in [-0.39, 0.29) is 0 Å². The Morgan fingerprint density at radius 1 is 1.38 bits per heavy atom. The molecule has 0 heteroatoms. The van der Waals surface area contributed by atoms with Crippen LogP contribution in [0, 0.1) is 5.92 Å². The summed E-state index contributed by atoms with van der Waals surface area (Å²) in [6.45, 7) is 8.19. The van der Waals surface area contributed by atoms with Gasteiger partial charge in [-0.1, -0.05) is 44.2 Å². The Hall–Kier alpha value is -1.04. The van der Waals surface area contributed by atoms with Gasteiger partial charge in [0.05, 0.1) is 0 Å². The first-order valence-corrected chi connectivity index (χ1v) is 4.96. The summed E-state index contributed by atoms with van der Waals surface area (Å²) in [7, 11) is 0. The molecule has 1 rings (SSSR count). The van der Waals surface area contributed by atoms with E-state index in [9.17, 15) is 0 Å². The molecular weight excluding hydrogens is 156 g/mol. The first-order valence-electron chi connectivity index (χ1n) is 4.96. The summed E-state index contributed by atoms with van der Waals surface area (Å²) in [5.74, 6) is 0.576. The molecule has 0 heterocycles. The zero-order valence-corrected chi connectivity index (χ0v) is 8.59. The molecule has 0 bridgehead atoms. The minimum absolute atomic E-state index is 0.576. The van der Waals surface area contributed by atoms with Crippen LogP contribution in [-0.4, -0.2) is 0 Å². The summed E-state index contributed by atoms with van der Waals surface area (Å²) in [6, 6.07) is 8.81. The Bertz CT molecular complexity index is 273. The maximum Gasteiger partial charge on any atom is -0.0218 e. The van der Waals surface area contributed by atoms with Crippen LogP contribution in [0.5, 0.6) is 0 Å². The van der Waals surface area contributed by atoms with E-state index in [4.69, 9.17) is 0 Å². The van der Waals surface area contributed by atoms with Crippen molar-refractivity contribution in [3.63, 3.8) is 0 Å². The van der Waals surface area contributed by atoms with E-state index in [0.29, 0.717) is 5.92 Å². The van der Waals surface area contributed by atoms with Crippen LogP contribution < -0.4 is 0 Å². The van der Waals surface area contributed by atoms with E-state index < -0.39 is 0 Å². The largest absolute Gasteiger partial charge is 0.103 e. The van der Waals surface area contributed by atoms with Crippen LogP contribution in [0.3, 0.4) is 0 Å². The van der Waals surface area contributed by atoms with Crippen LogP contribution in [0.15, 0.2) is 36.9 Å². The molecule has 0 saturated carbocycles. The Kier molecular flexibility index (Phi) is 3.75. The summed E-state index contributed by atoms with van der Waals surface area (Å²) < 4.78 is 0. The maximum absolute atomic E-state index is 3.80. The molecule has 1 aromatic carbocycles. The highest BCUT2D eigenvalue weighted by atomic mass is 14.0. The van der Waals surface area contributed by atoms with E-state index >= 15 is 0 Å². The molecule has 0 radical (unpaired) electrons. The van der Waals surface area contributed by atoms with Crippen molar-refractivity contribution in [1.29, 1.82) is 0 Å². The van der Waals surface area contributed by atoms with Gasteiger partial charge >= 0.3 is 0 Å². The number of benzene rings is 1. The average Bonchev–Trinajstić information content (AvgIpc) is 2.18. The lowest BCUT2D eigenvalue weighted by atomic mass is 9.99. The van der Waals surface area contributed by atoms with Crippen LogP contribution in [0.1, 0.15) is 25.0 Å². The number of allylic oxidation sites excluding steroid dienone is 1. The number of rotatable bonds is 4. The third-order valence-electron chi connectivity index (χ3n) is 2.36. The molecule has 0 spiro atoms. The van der Waals surface area contributed by atoms with Crippen molar-refractivity contribution in [2.75, 3.05) is 0 Å². The molecule has 0 amide bonds. The maximum atomic E-state index is 3.80. The number of aryl methyl sites for hydroxylation is 1. The Labute approximate surface area is 81.3 Å². The standard InChI is InChI=1S/C13H18/c1-4-11(3)9-13-8-6-7-12(5-2)10-13/h4,6-8,10-11H,1,5,9H2,2-3H3. The van der Waals surface area contributed by atoms with Gasteiger partial charge in [0, 0.05) is 0 Å². The normalized spacial score (nSPS) is 12.5. The highest BCUT2D eigenvalue weighted by molar-refractivity contribution is 5.24. The average molecular weight is 174 g/mol. The fourth-order valence-corrected chi connectivity index (χ4v) is 1.43. The van der Waals surface area contributed by atoms with Crippen molar-refractivity contribution in [3.8, 4) is 0 Å². The minimum atomic E-state index is 0.576. The van der Waals surface area contributed by atoms with Crippen molar-refractivity contribution in [2.45, 2.75) is 26.7 Å². The van der Waals surface area contributed by atoms with Crippen LogP contribution in [-0.2, 0) is 12.8 Å². The van der Waals surface area contributed by atoms with Gasteiger partial charge in [-0.15, -0.1) is 6.58 Å². The smallest absolute Gasteiger partial charge is 0.0218 e. The van der Waals surface area contributed by atoms with Crippen molar-refractivity contribution >= 4 is 0 Å². The van der Waals surface area contributed by atoms with Gasteiger partial charge in [-0.2, -0.15) is 0 Å². The quantitative estimate of drug-likeness (QED) is 0.612. The SMILES string of the molecule is C=CC(C)Cc1cccc(CC)c1. The molecule has 1 aromatic rings. The molecule has 0 aliphatic heterocycles. The third-order valence-corrected chi connectivity index (χ3v) is 2.36. The first kappa shape index (κ1) is 10.0. The van der Waals surface area contributed by atoms with Crippen molar-refractivity contribution < 1.29 is 0 Å². The van der Waals surface area contributed by atoms with Gasteiger partial charge in [0.25, 0.3) is 0 Å². The second-order valence-corrected chi connectivity index (χ2v) is 3.59. The fourth-order valence-electron chi connectivity index (χ4n) is 1.43. The van der Waals surface area contributed by atoms with Crippen LogP contribution in [0.25, 0.3) is 0 Å². The van der Waals surface area contributed by atoms with Crippen molar-refractivity contribution in [1.82, 2.24) is 0 Å². The molecule has 0 aromatic heterocycles. The lowest BCUT2D eigenvalue weighted by Gasteiger charge is -2.06. The molecule has 0 aliphatic rings. The summed E-state index contributed by atoms with van der Waals surface area (Å²) >= 11 is 0. The number of hydrogen-bond donors (Lipinski definition) is 0. The zero-order valence-electron chi connectivity index (χ0n) is 8.59. The minimum Gasteiger partial charge on any atom is -0.103 e. The molecule has 0 fully saturated rings. The van der Waals surface area contributed by atoms with Crippen LogP contribution in [0.2, 0.25) is 0 Å². The van der Waals surface area contributed by atoms with E-state index in [1.807, 2.05) is 6.08 Å². The Balaban J connectivity index is 2.71. The second-order valence-electron chi connectivity index (χ2n) is 3.59. The fraction of sp³-hybridized carbons (Fsp3) is 0.385. The second kappa shape index (κ2) is 4.86. The monoisotopic (exact) mass is 174 g/mol. The van der Waals surface area contributed by atoms with Crippen LogP contribution in [0.4, 0.5) is 0 Å². The number of hydrogen-bond acceptors (Lipinski definition) is 0. The predicted molar refractivity (Wildman–Crippen MR) is 58.9 cm³/mol. The van der Waals surface area contributed by atoms with Crippen LogP contribution >= 0.6 is 0 Å². The van der Waals surface area contributed by atoms with Gasteiger partial charge in [0.15, 0.2) is 0 Å². The van der Waals surface area contributed by atoms with Crippen molar-refractivity contribution in [3.05, 3.63) is 48.0 Å². The van der Waals surface area contributed by atoms with Gasteiger partial charge in [-0.25, -0.2) is 0 Å². The molecule has 1 unspecified atom stereocenters. The summed E-state index contributed by atoms with van der Waals surface area (Å²) in [5.41, 5.74) is 2.85. The predicted octanol–water partition coefficient (Wildman–Crippen LogP) is 3.61. The van der Waals surface area contributed by atoms with Gasteiger partial charge in [0.2, 0.25) is 0 Å². The summed E-state index contributed by atoms with van der Waals surface area (Å²) in [6.07, 6.45) is 4.24. The molecule has 0 aliphatic carbocycles. The van der Waals surface area contributed by atoms with Gasteiger partial charge in [0.1, 0.15) is 0 Å². The highest BCUT2D eigenvalue weighted by Crippen LogP contribution is 2.11. The van der Waals surface area contributed by atoms with E-state index in [0.717, 1.165) is 12.8 Å². The van der Waals surface area contributed by atoms with Crippen molar-refractivity contribution in [2.24, 2.45) is 5.92 Å². The highest BCUT2D eigenvalue weighted by Gasteiger charge is 1.99. The molecule has 1 atom stereocenters. The molecular formula is C13H18. The van der Waals surface area contributed by atoms with Gasteiger partial charge in [-0.05, 0) is 29.9 Å². The molecule has 0 N–H and O–H groups in total. The lowest BCUT2D eigenvalue weighted by molar-refractivity contribution is 0.724. The molecule has 70 valence electrons. The lowest BCUT2D eigenvalue weighted by Crippen LogP contribution is -1.95. The zero-order chi connectivity index (χ0) is 9.68. The topological polar surface area (TPSA) is 0 Å². The Morgan fingerprint density at radius 2 is 2.08 bits per heavy atom. The van der Waals surface area contributed by atoms with Gasteiger partial charge in [-0.3, -0.25) is 0 Å². The first-order chi connectivity index (χ1) is 6.26. The summed E-state index contributed by atoms with van der Waals surface area (Å²) in [4.78, 5) is 0. The Morgan fingerprint density at radius 3 is 2.69 bits per heavy atom.